The van der Waals surface area contributed by atoms with Crippen molar-refractivity contribution in [3.8, 4) is 0 Å². The molecule has 0 heterocycles. The summed E-state index contributed by atoms with van der Waals surface area (Å²) in [7, 11) is 1.99. The van der Waals surface area contributed by atoms with E-state index in [-0.39, 0.29) is 5.82 Å². The normalized spacial score (nSPS) is 25.7. The highest BCUT2D eigenvalue weighted by molar-refractivity contribution is 6.30. The average Bonchev–Trinajstić information content (AvgIpc) is 2.32. The fraction of sp³-hybridized carbons (Fsp3) is 0.538. The molecule has 0 amide bonds. The number of halogens is 2. The molecule has 1 aromatic carbocycles. The molecule has 3 heteroatoms. The summed E-state index contributed by atoms with van der Waals surface area (Å²) in [6.45, 7) is 0. The monoisotopic (exact) mass is 241 g/mol. The third-order valence-corrected chi connectivity index (χ3v) is 3.77. The summed E-state index contributed by atoms with van der Waals surface area (Å²) in [6.07, 6.45) is 4.33. The van der Waals surface area contributed by atoms with Crippen molar-refractivity contribution in [3.05, 3.63) is 34.6 Å². The summed E-state index contributed by atoms with van der Waals surface area (Å²) in [5.41, 5.74) is 0.794. The molecule has 0 aromatic heterocycles. The Labute approximate surface area is 101 Å². The topological polar surface area (TPSA) is 12.0 Å². The zero-order valence-electron chi connectivity index (χ0n) is 9.47. The second kappa shape index (κ2) is 5.15. The van der Waals surface area contributed by atoms with Crippen molar-refractivity contribution in [1.82, 2.24) is 5.32 Å². The van der Waals surface area contributed by atoms with Crippen LogP contribution in [0.5, 0.6) is 0 Å². The van der Waals surface area contributed by atoms with Crippen LogP contribution >= 0.6 is 11.6 Å². The highest BCUT2D eigenvalue weighted by Crippen LogP contribution is 2.35. The molecule has 0 radical (unpaired) electrons. The number of hydrogen-bond acceptors (Lipinski definition) is 1. The van der Waals surface area contributed by atoms with E-state index in [1.54, 1.807) is 12.1 Å². The van der Waals surface area contributed by atoms with Crippen LogP contribution in [0.1, 0.15) is 37.2 Å². The van der Waals surface area contributed by atoms with Gasteiger partial charge in [0.05, 0.1) is 0 Å². The molecule has 1 aromatic rings. The quantitative estimate of drug-likeness (QED) is 0.832. The molecule has 0 aliphatic heterocycles. The first kappa shape index (κ1) is 11.9. The SMILES string of the molecule is CNC1CCC(c2cc(Cl)ccc2F)CC1. The molecule has 1 aliphatic rings. The van der Waals surface area contributed by atoms with Gasteiger partial charge in [0.25, 0.3) is 0 Å². The zero-order chi connectivity index (χ0) is 11.5. The minimum atomic E-state index is -0.114. The first-order valence-corrected chi connectivity index (χ1v) is 6.20. The second-order valence-electron chi connectivity index (χ2n) is 4.50. The van der Waals surface area contributed by atoms with Gasteiger partial charge in [0, 0.05) is 11.1 Å². The molecule has 0 saturated heterocycles. The molecule has 1 aliphatic carbocycles. The van der Waals surface area contributed by atoms with Crippen LogP contribution in [0.4, 0.5) is 4.39 Å². The van der Waals surface area contributed by atoms with Crippen molar-refractivity contribution in [2.24, 2.45) is 0 Å². The van der Waals surface area contributed by atoms with E-state index in [0.717, 1.165) is 31.2 Å². The van der Waals surface area contributed by atoms with Crippen LogP contribution < -0.4 is 5.32 Å². The third kappa shape index (κ3) is 2.55. The minimum absolute atomic E-state index is 0.114. The lowest BCUT2D eigenvalue weighted by molar-refractivity contribution is 0.353. The van der Waals surface area contributed by atoms with Gasteiger partial charge in [-0.1, -0.05) is 11.6 Å². The van der Waals surface area contributed by atoms with Crippen molar-refractivity contribution >= 4 is 11.6 Å². The fourth-order valence-electron chi connectivity index (χ4n) is 2.52. The minimum Gasteiger partial charge on any atom is -0.317 e. The molecule has 1 nitrogen and oxygen atoms in total. The van der Waals surface area contributed by atoms with Gasteiger partial charge in [-0.15, -0.1) is 0 Å². The van der Waals surface area contributed by atoms with Gasteiger partial charge in [0.15, 0.2) is 0 Å². The van der Waals surface area contributed by atoms with Crippen molar-refractivity contribution in [1.29, 1.82) is 0 Å². The Morgan fingerprint density at radius 3 is 2.56 bits per heavy atom. The molecule has 2 rings (SSSR count). The lowest BCUT2D eigenvalue weighted by Crippen LogP contribution is -2.29. The van der Waals surface area contributed by atoms with Crippen LogP contribution in [-0.4, -0.2) is 13.1 Å². The summed E-state index contributed by atoms with van der Waals surface area (Å²) in [6, 6.07) is 5.46. The van der Waals surface area contributed by atoms with E-state index in [9.17, 15) is 4.39 Å². The van der Waals surface area contributed by atoms with Gasteiger partial charge < -0.3 is 5.32 Å². The molecule has 0 unspecified atom stereocenters. The highest BCUT2D eigenvalue weighted by Gasteiger charge is 2.23. The van der Waals surface area contributed by atoms with Crippen LogP contribution in [-0.2, 0) is 0 Å². The van der Waals surface area contributed by atoms with E-state index >= 15 is 0 Å². The van der Waals surface area contributed by atoms with Crippen LogP contribution in [0.15, 0.2) is 18.2 Å². The summed E-state index contributed by atoms with van der Waals surface area (Å²) in [4.78, 5) is 0. The molecule has 1 saturated carbocycles. The Morgan fingerprint density at radius 1 is 1.25 bits per heavy atom. The smallest absolute Gasteiger partial charge is 0.126 e. The lowest BCUT2D eigenvalue weighted by Gasteiger charge is -2.28. The Balaban J connectivity index is 2.10. The van der Waals surface area contributed by atoms with Crippen LogP contribution in [0.2, 0.25) is 5.02 Å². The van der Waals surface area contributed by atoms with Gasteiger partial charge in [-0.05, 0) is 62.4 Å². The summed E-state index contributed by atoms with van der Waals surface area (Å²) in [5, 5.41) is 3.91. The lowest BCUT2D eigenvalue weighted by atomic mass is 9.81. The van der Waals surface area contributed by atoms with Crippen LogP contribution in [0.25, 0.3) is 0 Å². The van der Waals surface area contributed by atoms with Crippen LogP contribution in [0, 0.1) is 5.82 Å². The number of rotatable bonds is 2. The fourth-order valence-corrected chi connectivity index (χ4v) is 2.70. The van der Waals surface area contributed by atoms with Gasteiger partial charge in [0.1, 0.15) is 5.82 Å². The molecule has 0 spiro atoms. The van der Waals surface area contributed by atoms with Crippen molar-refractivity contribution in [2.75, 3.05) is 7.05 Å². The number of benzene rings is 1. The van der Waals surface area contributed by atoms with E-state index in [1.165, 1.54) is 6.07 Å². The van der Waals surface area contributed by atoms with E-state index in [1.807, 2.05) is 7.05 Å². The van der Waals surface area contributed by atoms with E-state index in [4.69, 9.17) is 11.6 Å². The maximum absolute atomic E-state index is 13.7. The molecular weight excluding hydrogens is 225 g/mol. The number of hydrogen-bond donors (Lipinski definition) is 1. The molecule has 88 valence electrons. The standard InChI is InChI=1S/C13H17ClFN/c1-16-11-5-2-9(3-6-11)12-8-10(14)4-7-13(12)15/h4,7-9,11,16H,2-3,5-6H2,1H3. The average molecular weight is 242 g/mol. The Kier molecular flexibility index (Phi) is 3.82. The van der Waals surface area contributed by atoms with Gasteiger partial charge in [-0.3, -0.25) is 0 Å². The van der Waals surface area contributed by atoms with Gasteiger partial charge in [0.2, 0.25) is 0 Å². The van der Waals surface area contributed by atoms with Gasteiger partial charge in [-0.2, -0.15) is 0 Å². The Hall–Kier alpha value is -0.600. The summed E-state index contributed by atoms with van der Waals surface area (Å²) >= 11 is 5.91. The maximum atomic E-state index is 13.7. The van der Waals surface area contributed by atoms with Crippen LogP contribution in [0.3, 0.4) is 0 Å². The van der Waals surface area contributed by atoms with Crippen molar-refractivity contribution < 1.29 is 4.39 Å². The van der Waals surface area contributed by atoms with Crippen molar-refractivity contribution in [3.63, 3.8) is 0 Å². The van der Waals surface area contributed by atoms with Crippen molar-refractivity contribution in [2.45, 2.75) is 37.6 Å². The summed E-state index contributed by atoms with van der Waals surface area (Å²) < 4.78 is 13.7. The molecule has 16 heavy (non-hydrogen) atoms. The third-order valence-electron chi connectivity index (χ3n) is 3.53. The largest absolute Gasteiger partial charge is 0.317 e. The maximum Gasteiger partial charge on any atom is 0.126 e. The van der Waals surface area contributed by atoms with Gasteiger partial charge in [-0.25, -0.2) is 4.39 Å². The number of nitrogens with one attached hydrogen (secondary N) is 1. The first-order chi connectivity index (χ1) is 7.70. The molecular formula is C13H17ClFN. The zero-order valence-corrected chi connectivity index (χ0v) is 10.2. The van der Waals surface area contributed by atoms with Gasteiger partial charge >= 0.3 is 0 Å². The predicted molar refractivity (Wildman–Crippen MR) is 65.5 cm³/mol. The molecule has 1 fully saturated rings. The molecule has 0 bridgehead atoms. The van der Waals surface area contributed by atoms with E-state index < -0.39 is 0 Å². The second-order valence-corrected chi connectivity index (χ2v) is 4.94. The highest BCUT2D eigenvalue weighted by atomic mass is 35.5. The predicted octanol–water partition coefficient (Wildman–Crippen LogP) is 3.72. The molecule has 0 atom stereocenters. The summed E-state index contributed by atoms with van der Waals surface area (Å²) in [5.74, 6) is 0.223. The first-order valence-electron chi connectivity index (χ1n) is 5.83. The Morgan fingerprint density at radius 2 is 1.94 bits per heavy atom. The molecule has 1 N–H and O–H groups in total. The van der Waals surface area contributed by atoms with E-state index in [0.29, 0.717) is 17.0 Å². The Bertz CT molecular complexity index is 359. The van der Waals surface area contributed by atoms with E-state index in [2.05, 4.69) is 5.32 Å².